The fourth-order valence-corrected chi connectivity index (χ4v) is 1.83. The van der Waals surface area contributed by atoms with Crippen molar-refractivity contribution in [3.8, 4) is 5.88 Å². The highest BCUT2D eigenvalue weighted by molar-refractivity contribution is 7.80. The number of aromatic nitrogens is 2. The molecule has 0 bridgehead atoms. The van der Waals surface area contributed by atoms with Gasteiger partial charge in [0, 0.05) is 17.3 Å². The molecule has 0 fully saturated rings. The minimum atomic E-state index is 0.350. The number of hydrogen-bond acceptors (Lipinski definition) is 5. The molecular formula is C14H16N4OS. The van der Waals surface area contributed by atoms with Crippen LogP contribution in [0.25, 0.3) is 0 Å². The van der Waals surface area contributed by atoms with Crippen LogP contribution in [0, 0.1) is 6.92 Å². The van der Waals surface area contributed by atoms with Crippen molar-refractivity contribution in [3.63, 3.8) is 0 Å². The minimum Gasteiger partial charge on any atom is -0.478 e. The minimum absolute atomic E-state index is 0.350. The van der Waals surface area contributed by atoms with Crippen LogP contribution in [0.15, 0.2) is 30.5 Å². The van der Waals surface area contributed by atoms with E-state index < -0.39 is 0 Å². The molecule has 0 aliphatic carbocycles. The molecule has 0 radical (unpaired) electrons. The van der Waals surface area contributed by atoms with Crippen LogP contribution in [-0.4, -0.2) is 21.6 Å². The Morgan fingerprint density at radius 2 is 2.20 bits per heavy atom. The summed E-state index contributed by atoms with van der Waals surface area (Å²) in [6.45, 7) is 4.40. The molecule has 2 aromatic rings. The monoisotopic (exact) mass is 288 g/mol. The number of hydrogen-bond donors (Lipinski definition) is 2. The van der Waals surface area contributed by atoms with Crippen molar-refractivity contribution in [1.29, 1.82) is 0 Å². The van der Waals surface area contributed by atoms with Crippen molar-refractivity contribution in [2.24, 2.45) is 5.73 Å². The van der Waals surface area contributed by atoms with Gasteiger partial charge >= 0.3 is 0 Å². The van der Waals surface area contributed by atoms with Crippen molar-refractivity contribution in [2.75, 3.05) is 11.9 Å². The van der Waals surface area contributed by atoms with E-state index in [4.69, 9.17) is 22.7 Å². The quantitative estimate of drug-likeness (QED) is 0.824. The Hall–Kier alpha value is -2.21. The van der Waals surface area contributed by atoms with Crippen molar-refractivity contribution in [1.82, 2.24) is 9.97 Å². The zero-order valence-corrected chi connectivity index (χ0v) is 12.2. The molecule has 0 aliphatic heterocycles. The van der Waals surface area contributed by atoms with Crippen LogP contribution in [0.4, 0.5) is 11.5 Å². The molecule has 0 saturated carbocycles. The van der Waals surface area contributed by atoms with E-state index in [9.17, 15) is 0 Å². The van der Waals surface area contributed by atoms with E-state index in [1.807, 2.05) is 32.0 Å². The molecule has 2 aromatic heterocycles. The van der Waals surface area contributed by atoms with Gasteiger partial charge < -0.3 is 15.8 Å². The molecule has 6 heteroatoms. The molecular weight excluding hydrogens is 272 g/mol. The largest absolute Gasteiger partial charge is 0.478 e. The first kappa shape index (κ1) is 14.2. The smallest absolute Gasteiger partial charge is 0.213 e. The van der Waals surface area contributed by atoms with Crippen LogP contribution >= 0.6 is 12.2 Å². The number of ether oxygens (including phenoxy) is 1. The molecule has 3 N–H and O–H groups in total. The summed E-state index contributed by atoms with van der Waals surface area (Å²) in [5.74, 6) is 1.28. The molecule has 0 amide bonds. The van der Waals surface area contributed by atoms with Gasteiger partial charge in [-0.2, -0.15) is 0 Å². The second-order valence-electron chi connectivity index (χ2n) is 4.19. The molecule has 0 spiro atoms. The third-order valence-electron chi connectivity index (χ3n) is 2.54. The maximum atomic E-state index is 5.65. The van der Waals surface area contributed by atoms with Crippen LogP contribution in [0.1, 0.15) is 18.2 Å². The Morgan fingerprint density at radius 3 is 2.80 bits per heavy atom. The van der Waals surface area contributed by atoms with Gasteiger partial charge in [-0.25, -0.2) is 9.97 Å². The first-order chi connectivity index (χ1) is 9.58. The fourth-order valence-electron chi connectivity index (χ4n) is 1.71. The molecule has 0 aliphatic rings. The van der Waals surface area contributed by atoms with Crippen molar-refractivity contribution < 1.29 is 4.74 Å². The summed E-state index contributed by atoms with van der Waals surface area (Å²) in [6.07, 6.45) is 1.69. The third kappa shape index (κ3) is 3.64. The fraction of sp³-hybridized carbons (Fsp3) is 0.214. The molecule has 0 aromatic carbocycles. The van der Waals surface area contributed by atoms with Crippen molar-refractivity contribution in [3.05, 3.63) is 41.7 Å². The Kier molecular flexibility index (Phi) is 4.47. The number of aryl methyl sites for hydroxylation is 1. The number of pyridine rings is 2. The normalized spacial score (nSPS) is 10.1. The van der Waals surface area contributed by atoms with Crippen LogP contribution in [0.5, 0.6) is 5.88 Å². The first-order valence-electron chi connectivity index (χ1n) is 6.23. The van der Waals surface area contributed by atoms with Gasteiger partial charge in [0.05, 0.1) is 18.5 Å². The topological polar surface area (TPSA) is 73.1 Å². The van der Waals surface area contributed by atoms with E-state index in [1.165, 1.54) is 0 Å². The zero-order chi connectivity index (χ0) is 14.5. The lowest BCUT2D eigenvalue weighted by atomic mass is 10.2. The van der Waals surface area contributed by atoms with Crippen LogP contribution in [0.3, 0.4) is 0 Å². The molecule has 0 atom stereocenters. The van der Waals surface area contributed by atoms with Gasteiger partial charge in [0.2, 0.25) is 5.88 Å². The molecule has 2 rings (SSSR count). The molecule has 0 saturated heterocycles. The summed E-state index contributed by atoms with van der Waals surface area (Å²) in [7, 11) is 0. The number of nitrogens with two attached hydrogens (primary N) is 1. The summed E-state index contributed by atoms with van der Waals surface area (Å²) in [5, 5.41) is 3.16. The molecule has 0 unspecified atom stereocenters. The highest BCUT2D eigenvalue weighted by atomic mass is 32.1. The highest BCUT2D eigenvalue weighted by Gasteiger charge is 2.03. The lowest BCUT2D eigenvalue weighted by Crippen LogP contribution is -2.10. The van der Waals surface area contributed by atoms with E-state index >= 15 is 0 Å². The van der Waals surface area contributed by atoms with Crippen LogP contribution < -0.4 is 15.8 Å². The van der Waals surface area contributed by atoms with Crippen LogP contribution in [0.2, 0.25) is 0 Å². The average Bonchev–Trinajstić information content (AvgIpc) is 2.40. The average molecular weight is 288 g/mol. The summed E-state index contributed by atoms with van der Waals surface area (Å²) in [5.41, 5.74) is 8.10. The van der Waals surface area contributed by atoms with Gasteiger partial charge in [-0.15, -0.1) is 0 Å². The van der Waals surface area contributed by atoms with Gasteiger partial charge in [-0.05, 0) is 32.0 Å². The second kappa shape index (κ2) is 6.29. The van der Waals surface area contributed by atoms with E-state index in [0.717, 1.165) is 16.9 Å². The number of thiocarbonyl (C=S) groups is 1. The molecule has 2 heterocycles. The predicted octanol–water partition coefficient (Wildman–Crippen LogP) is 2.56. The number of nitrogens with one attached hydrogen (secondary N) is 1. The highest BCUT2D eigenvalue weighted by Crippen LogP contribution is 2.18. The second-order valence-corrected chi connectivity index (χ2v) is 4.63. The van der Waals surface area contributed by atoms with E-state index in [-0.39, 0.29) is 0 Å². The first-order valence-corrected chi connectivity index (χ1v) is 6.63. The summed E-state index contributed by atoms with van der Waals surface area (Å²) >= 11 is 4.99. The van der Waals surface area contributed by atoms with E-state index in [0.29, 0.717) is 23.3 Å². The maximum Gasteiger partial charge on any atom is 0.213 e. The van der Waals surface area contributed by atoms with E-state index in [2.05, 4.69) is 15.3 Å². The molecule has 104 valence electrons. The number of nitrogens with zero attached hydrogens (tertiary/aromatic N) is 2. The SMILES string of the molecule is CCOc1ccc(Nc2cc(C(N)=S)cc(C)n2)cn1. The Morgan fingerprint density at radius 1 is 1.40 bits per heavy atom. The standard InChI is InChI=1S/C14H16N4OS/c1-3-19-13-5-4-11(8-16-13)18-12-7-10(14(15)20)6-9(2)17-12/h4-8H,3H2,1-2H3,(H2,15,20)(H,17,18). The van der Waals surface area contributed by atoms with Gasteiger partial charge in [0.25, 0.3) is 0 Å². The number of anilines is 2. The summed E-state index contributed by atoms with van der Waals surface area (Å²) in [6, 6.07) is 7.34. The predicted molar refractivity (Wildman–Crippen MR) is 83.6 cm³/mol. The summed E-state index contributed by atoms with van der Waals surface area (Å²) in [4.78, 5) is 8.92. The third-order valence-corrected chi connectivity index (χ3v) is 2.77. The van der Waals surface area contributed by atoms with Crippen molar-refractivity contribution in [2.45, 2.75) is 13.8 Å². The molecule has 5 nitrogen and oxygen atoms in total. The Labute approximate surface area is 123 Å². The van der Waals surface area contributed by atoms with Crippen molar-refractivity contribution >= 4 is 28.7 Å². The van der Waals surface area contributed by atoms with E-state index in [1.54, 1.807) is 12.3 Å². The zero-order valence-electron chi connectivity index (χ0n) is 11.4. The van der Waals surface area contributed by atoms with Crippen LogP contribution in [-0.2, 0) is 0 Å². The number of rotatable bonds is 5. The Bertz CT molecular complexity index is 613. The Balaban J connectivity index is 2.19. The van der Waals surface area contributed by atoms with Gasteiger partial charge in [-0.1, -0.05) is 12.2 Å². The van der Waals surface area contributed by atoms with Gasteiger partial charge in [0.1, 0.15) is 10.8 Å². The summed E-state index contributed by atoms with van der Waals surface area (Å²) < 4.78 is 5.29. The van der Waals surface area contributed by atoms with Gasteiger partial charge in [0.15, 0.2) is 0 Å². The maximum absolute atomic E-state index is 5.65. The molecule has 20 heavy (non-hydrogen) atoms. The lowest BCUT2D eigenvalue weighted by Gasteiger charge is -2.09. The van der Waals surface area contributed by atoms with Gasteiger partial charge in [-0.3, -0.25) is 0 Å². The lowest BCUT2D eigenvalue weighted by molar-refractivity contribution is 0.327.